The third kappa shape index (κ3) is 3.88. The number of hydrogen-bond donors (Lipinski definition) is 1. The van der Waals surface area contributed by atoms with Crippen molar-refractivity contribution in [1.29, 1.82) is 5.26 Å². The second-order valence-electron chi connectivity index (χ2n) is 9.91. The number of rotatable bonds is 3. The number of nitriles is 1. The summed E-state index contributed by atoms with van der Waals surface area (Å²) >= 11 is 0. The van der Waals surface area contributed by atoms with Crippen molar-refractivity contribution in [2.75, 3.05) is 49.6 Å². The number of aliphatic hydroxyl groups is 1. The van der Waals surface area contributed by atoms with Crippen molar-refractivity contribution in [3.8, 4) is 6.07 Å². The van der Waals surface area contributed by atoms with E-state index in [1.165, 1.54) is 12.1 Å². The van der Waals surface area contributed by atoms with Crippen LogP contribution in [0.2, 0.25) is 0 Å². The van der Waals surface area contributed by atoms with Gasteiger partial charge in [0.2, 0.25) is 5.91 Å². The van der Waals surface area contributed by atoms with Gasteiger partial charge in [0.05, 0.1) is 30.2 Å². The van der Waals surface area contributed by atoms with Crippen molar-refractivity contribution >= 4 is 23.2 Å². The zero-order chi connectivity index (χ0) is 25.8. The molecule has 2 aromatic carbocycles. The van der Waals surface area contributed by atoms with Crippen molar-refractivity contribution in [2.24, 2.45) is 11.3 Å². The second-order valence-corrected chi connectivity index (χ2v) is 9.91. The van der Waals surface area contributed by atoms with E-state index in [9.17, 15) is 27.9 Å². The third-order valence-electron chi connectivity index (χ3n) is 7.93. The molecule has 0 bridgehead atoms. The van der Waals surface area contributed by atoms with Gasteiger partial charge in [-0.1, -0.05) is 0 Å². The number of alkyl halides is 3. The normalized spacial score (nSPS) is 23.5. The van der Waals surface area contributed by atoms with E-state index in [0.29, 0.717) is 43.9 Å². The minimum atomic E-state index is -4.65. The number of benzene rings is 2. The van der Waals surface area contributed by atoms with Crippen LogP contribution in [0.1, 0.15) is 33.5 Å². The first kappa shape index (κ1) is 24.1. The molecule has 10 heteroatoms. The quantitative estimate of drug-likeness (QED) is 0.703. The first-order chi connectivity index (χ1) is 17.1. The molecule has 2 saturated heterocycles. The number of amides is 2. The van der Waals surface area contributed by atoms with Crippen molar-refractivity contribution in [3.05, 3.63) is 58.7 Å². The molecule has 2 aromatic rings. The van der Waals surface area contributed by atoms with Crippen LogP contribution < -0.4 is 9.80 Å². The molecule has 7 nitrogen and oxygen atoms in total. The maximum atomic E-state index is 13.5. The van der Waals surface area contributed by atoms with E-state index in [4.69, 9.17) is 5.26 Å². The van der Waals surface area contributed by atoms with Gasteiger partial charge >= 0.3 is 6.18 Å². The molecule has 0 aromatic heterocycles. The zero-order valence-electron chi connectivity index (χ0n) is 19.7. The molecule has 36 heavy (non-hydrogen) atoms. The number of likely N-dealkylation sites (N-methyl/N-ethyl adjacent to an activating group) is 1. The van der Waals surface area contributed by atoms with E-state index in [0.717, 1.165) is 17.3 Å². The van der Waals surface area contributed by atoms with Crippen LogP contribution in [0, 0.1) is 22.7 Å². The van der Waals surface area contributed by atoms with Crippen molar-refractivity contribution in [1.82, 2.24) is 4.90 Å². The van der Waals surface area contributed by atoms with Crippen LogP contribution in [0.5, 0.6) is 0 Å². The van der Waals surface area contributed by atoms with E-state index < -0.39 is 22.7 Å². The second kappa shape index (κ2) is 8.52. The highest BCUT2D eigenvalue weighted by atomic mass is 19.4. The highest BCUT2D eigenvalue weighted by Crippen LogP contribution is 2.45. The van der Waals surface area contributed by atoms with Gasteiger partial charge in [-0.25, -0.2) is 0 Å². The largest absolute Gasteiger partial charge is 0.417 e. The molecule has 3 aliphatic heterocycles. The molecule has 1 N–H and O–H groups in total. The topological polar surface area (TPSA) is 87.9 Å². The first-order valence-corrected chi connectivity index (χ1v) is 11.7. The Balaban J connectivity index is 1.36. The van der Waals surface area contributed by atoms with Crippen LogP contribution in [0.4, 0.5) is 24.5 Å². The summed E-state index contributed by atoms with van der Waals surface area (Å²) in [4.78, 5) is 30.4. The molecular weight excluding hydrogens is 473 g/mol. The number of carbonyl (C=O) groups excluding carboxylic acids is 2. The standard InChI is InChI=1S/C26H25F3N4O3/c1-31-22-5-3-16(8-18(22)9-23(31)35)24(36)32-7-6-25(15-34)14-33(13-19(25)12-32)20-4-2-17(11-30)21(10-20)26(27,28)29/h2-5,8,10,19,34H,6-7,9,12-15H2,1H3/t19-,25+/m1/s1. The fourth-order valence-corrected chi connectivity index (χ4v) is 5.77. The number of carbonyl (C=O) groups is 2. The number of halogens is 3. The SMILES string of the molecule is CN1C(=O)Cc2cc(C(=O)N3CC[C@@]4(CO)CN(c5ccc(C#N)c(C(F)(F)F)c5)C[C@H]4C3)ccc21. The Bertz CT molecular complexity index is 1290. The summed E-state index contributed by atoms with van der Waals surface area (Å²) in [5.74, 6) is -0.322. The van der Waals surface area contributed by atoms with Crippen molar-refractivity contribution < 1.29 is 27.9 Å². The molecule has 0 aliphatic carbocycles. The summed E-state index contributed by atoms with van der Waals surface area (Å²) in [6.45, 7) is 1.41. The van der Waals surface area contributed by atoms with Gasteiger partial charge in [0.15, 0.2) is 0 Å². The van der Waals surface area contributed by atoms with Gasteiger partial charge in [-0.05, 0) is 48.4 Å². The van der Waals surface area contributed by atoms with Crippen LogP contribution >= 0.6 is 0 Å². The minimum Gasteiger partial charge on any atom is -0.396 e. The molecule has 188 valence electrons. The summed E-state index contributed by atoms with van der Waals surface area (Å²) in [5, 5.41) is 19.4. The molecular formula is C26H25F3N4O3. The van der Waals surface area contributed by atoms with Crippen molar-refractivity contribution in [3.63, 3.8) is 0 Å². The molecule has 3 aliphatic rings. The van der Waals surface area contributed by atoms with E-state index >= 15 is 0 Å². The van der Waals surface area contributed by atoms with E-state index in [2.05, 4.69) is 0 Å². The number of piperidine rings is 1. The van der Waals surface area contributed by atoms with E-state index in [1.807, 2.05) is 4.90 Å². The predicted molar refractivity (Wildman–Crippen MR) is 125 cm³/mol. The smallest absolute Gasteiger partial charge is 0.396 e. The van der Waals surface area contributed by atoms with Gasteiger partial charge in [0.25, 0.3) is 5.91 Å². The molecule has 2 amide bonds. The number of likely N-dealkylation sites (tertiary alicyclic amines) is 1. The van der Waals surface area contributed by atoms with Gasteiger partial charge in [-0.15, -0.1) is 0 Å². The predicted octanol–water partition coefficient (Wildman–Crippen LogP) is 3.06. The van der Waals surface area contributed by atoms with Crippen LogP contribution in [-0.4, -0.2) is 61.7 Å². The number of fused-ring (bicyclic) bond motifs is 2. The average Bonchev–Trinajstić information content (AvgIpc) is 3.39. The summed E-state index contributed by atoms with van der Waals surface area (Å²) in [6.07, 6.45) is -3.88. The van der Waals surface area contributed by atoms with Gasteiger partial charge in [0.1, 0.15) is 0 Å². The Morgan fingerprint density at radius 3 is 2.69 bits per heavy atom. The molecule has 2 atom stereocenters. The zero-order valence-corrected chi connectivity index (χ0v) is 19.7. The van der Waals surface area contributed by atoms with E-state index in [1.54, 1.807) is 41.1 Å². The van der Waals surface area contributed by atoms with Gasteiger partial charge in [-0.3, -0.25) is 9.59 Å². The molecule has 0 saturated carbocycles. The summed E-state index contributed by atoms with van der Waals surface area (Å²) < 4.78 is 40.5. The molecule has 5 rings (SSSR count). The Kier molecular flexibility index (Phi) is 5.71. The van der Waals surface area contributed by atoms with Gasteiger partial charge < -0.3 is 19.8 Å². The number of anilines is 2. The molecule has 0 radical (unpaired) electrons. The molecule has 0 unspecified atom stereocenters. The Morgan fingerprint density at radius 2 is 2.00 bits per heavy atom. The Labute approximate surface area is 206 Å². The number of aliphatic hydroxyl groups excluding tert-OH is 1. The number of nitrogens with zero attached hydrogens (tertiary/aromatic N) is 4. The Hall–Kier alpha value is -3.58. The lowest BCUT2D eigenvalue weighted by Crippen LogP contribution is -2.50. The highest BCUT2D eigenvalue weighted by molar-refractivity contribution is 6.03. The lowest BCUT2D eigenvalue weighted by molar-refractivity contribution is -0.137. The van der Waals surface area contributed by atoms with Gasteiger partial charge in [-0.2, -0.15) is 18.4 Å². The fraction of sp³-hybridized carbons (Fsp3) is 0.423. The maximum Gasteiger partial charge on any atom is 0.417 e. The summed E-state index contributed by atoms with van der Waals surface area (Å²) in [6, 6.07) is 10.5. The van der Waals surface area contributed by atoms with Crippen LogP contribution in [0.25, 0.3) is 0 Å². The highest BCUT2D eigenvalue weighted by Gasteiger charge is 2.50. The summed E-state index contributed by atoms with van der Waals surface area (Å²) in [5.41, 5.74) is 0.492. The first-order valence-electron chi connectivity index (χ1n) is 11.7. The lowest BCUT2D eigenvalue weighted by Gasteiger charge is -2.42. The average molecular weight is 499 g/mol. The third-order valence-corrected chi connectivity index (χ3v) is 7.93. The monoisotopic (exact) mass is 498 g/mol. The fourth-order valence-electron chi connectivity index (χ4n) is 5.77. The van der Waals surface area contributed by atoms with E-state index in [-0.39, 0.29) is 30.8 Å². The van der Waals surface area contributed by atoms with Crippen LogP contribution in [0.3, 0.4) is 0 Å². The maximum absolute atomic E-state index is 13.5. The Morgan fingerprint density at radius 1 is 1.22 bits per heavy atom. The minimum absolute atomic E-state index is 0.0252. The van der Waals surface area contributed by atoms with Gasteiger partial charge in [0, 0.05) is 61.5 Å². The molecule has 3 heterocycles. The van der Waals surface area contributed by atoms with Crippen LogP contribution in [0.15, 0.2) is 36.4 Å². The summed E-state index contributed by atoms with van der Waals surface area (Å²) in [7, 11) is 1.70. The van der Waals surface area contributed by atoms with Crippen LogP contribution in [-0.2, 0) is 17.4 Å². The molecule has 2 fully saturated rings. The molecule has 0 spiro atoms. The van der Waals surface area contributed by atoms with Crippen molar-refractivity contribution in [2.45, 2.75) is 19.0 Å². The number of hydrogen-bond acceptors (Lipinski definition) is 5. The lowest BCUT2D eigenvalue weighted by atomic mass is 9.73.